The number of phosphoric acid groups is 1. The minimum absolute atomic E-state index is 0.0213. The van der Waals surface area contributed by atoms with Crippen LogP contribution in [0, 0.1) is 11.8 Å². The van der Waals surface area contributed by atoms with Crippen molar-refractivity contribution in [2.75, 3.05) is 34.2 Å². The van der Waals surface area contributed by atoms with Crippen LogP contribution in [0.3, 0.4) is 0 Å². The van der Waals surface area contributed by atoms with Gasteiger partial charge in [-0.25, -0.2) is 4.57 Å². The molecule has 4 aromatic rings. The van der Waals surface area contributed by atoms with Crippen molar-refractivity contribution in [3.8, 4) is 28.7 Å². The number of carbonyl (C=O) groups is 1. The number of aliphatic hydroxyl groups is 2. The van der Waals surface area contributed by atoms with Crippen LogP contribution in [0.5, 0.6) is 28.7 Å². The number of phosphoric ester groups is 1. The maximum atomic E-state index is 14.5. The van der Waals surface area contributed by atoms with E-state index < -0.39 is 74.1 Å². The van der Waals surface area contributed by atoms with E-state index in [1.54, 1.807) is 38.1 Å². The smallest absolute Gasteiger partial charge is 0.493 e. The summed E-state index contributed by atoms with van der Waals surface area (Å²) in [6, 6.07) is 25.3. The molecule has 0 radical (unpaired) electrons. The van der Waals surface area contributed by atoms with Gasteiger partial charge in [0.25, 0.3) is 0 Å². The Labute approximate surface area is 352 Å². The summed E-state index contributed by atoms with van der Waals surface area (Å²) in [5, 5.41) is 22.6. The molecule has 0 bridgehead atoms. The van der Waals surface area contributed by atoms with Crippen LogP contribution < -0.4 is 23.5 Å². The molecule has 2 N–H and O–H groups in total. The lowest BCUT2D eigenvalue weighted by atomic mass is 9.66. The number of ether oxygens (including phenoxy) is 9. The van der Waals surface area contributed by atoms with Crippen LogP contribution in [0.25, 0.3) is 0 Å². The van der Waals surface area contributed by atoms with Crippen molar-refractivity contribution in [1.82, 2.24) is 0 Å². The minimum Gasteiger partial charge on any atom is -0.493 e. The molecule has 0 spiro atoms. The third-order valence-electron chi connectivity index (χ3n) is 11.6. The van der Waals surface area contributed by atoms with Crippen LogP contribution in [0.2, 0.25) is 0 Å². The Morgan fingerprint density at radius 2 is 1.39 bits per heavy atom. The fourth-order valence-corrected chi connectivity index (χ4v) is 9.80. The van der Waals surface area contributed by atoms with Gasteiger partial charge in [-0.15, -0.1) is 0 Å². The van der Waals surface area contributed by atoms with Gasteiger partial charge in [0.05, 0.1) is 52.7 Å². The first-order valence-electron chi connectivity index (χ1n) is 20.0. The van der Waals surface area contributed by atoms with E-state index in [-0.39, 0.29) is 50.5 Å². The highest BCUT2D eigenvalue weighted by Gasteiger charge is 2.56. The molecule has 0 unspecified atom stereocenters. The average molecular weight is 863 g/mol. The molecule has 9 atom stereocenters. The lowest BCUT2D eigenvalue weighted by Crippen LogP contribution is -2.65. The fourth-order valence-electron chi connectivity index (χ4n) is 8.60. The van der Waals surface area contributed by atoms with Crippen molar-refractivity contribution in [1.29, 1.82) is 0 Å². The van der Waals surface area contributed by atoms with Crippen molar-refractivity contribution in [2.45, 2.75) is 75.6 Å². The Balaban J connectivity index is 1.07. The predicted molar refractivity (Wildman–Crippen MR) is 212 cm³/mol. The summed E-state index contributed by atoms with van der Waals surface area (Å²) in [6.07, 6.45) is -6.70. The van der Waals surface area contributed by atoms with E-state index in [2.05, 4.69) is 0 Å². The van der Waals surface area contributed by atoms with E-state index in [0.717, 1.165) is 11.1 Å². The third kappa shape index (κ3) is 8.20. The lowest BCUT2D eigenvalue weighted by molar-refractivity contribution is -0.388. The first kappa shape index (κ1) is 41.6. The molecule has 61 heavy (non-hydrogen) atoms. The van der Waals surface area contributed by atoms with Gasteiger partial charge in [0, 0.05) is 11.8 Å². The molecular formula is C44H47O16P. The Kier molecular flexibility index (Phi) is 11.5. The molecule has 0 aromatic heterocycles. The molecule has 17 heteroatoms. The molecule has 324 valence electrons. The molecule has 5 aliphatic rings. The number of esters is 1. The predicted octanol–water partition coefficient (Wildman–Crippen LogP) is 5.94. The molecule has 0 saturated carbocycles. The Hall–Kier alpha value is -4.74. The van der Waals surface area contributed by atoms with Crippen LogP contribution in [-0.4, -0.2) is 86.9 Å². The van der Waals surface area contributed by atoms with E-state index in [9.17, 15) is 19.6 Å². The second kappa shape index (κ2) is 16.9. The lowest BCUT2D eigenvalue weighted by Gasteiger charge is -2.49. The molecule has 16 nitrogen and oxygen atoms in total. The minimum atomic E-state index is -4.39. The van der Waals surface area contributed by atoms with Crippen LogP contribution in [-0.2, 0) is 55.3 Å². The number of aliphatic hydroxyl groups excluding tert-OH is 2. The highest BCUT2D eigenvalue weighted by Crippen LogP contribution is 2.59. The number of hydrogen-bond donors (Lipinski definition) is 2. The first-order valence-corrected chi connectivity index (χ1v) is 21.4. The van der Waals surface area contributed by atoms with Gasteiger partial charge < -0.3 is 57.4 Å². The van der Waals surface area contributed by atoms with Gasteiger partial charge in [0.2, 0.25) is 12.5 Å². The summed E-state index contributed by atoms with van der Waals surface area (Å²) in [7, 11) is -1.54. The normalized spacial score (nSPS) is 28.6. The van der Waals surface area contributed by atoms with Gasteiger partial charge >= 0.3 is 13.8 Å². The van der Waals surface area contributed by atoms with E-state index in [4.69, 9.17) is 56.2 Å². The summed E-state index contributed by atoms with van der Waals surface area (Å²) in [5.41, 5.74) is 3.29. The molecule has 4 aromatic carbocycles. The number of rotatable bonds is 13. The van der Waals surface area contributed by atoms with Gasteiger partial charge in [-0.1, -0.05) is 60.7 Å². The zero-order valence-corrected chi connectivity index (χ0v) is 34.8. The zero-order valence-electron chi connectivity index (χ0n) is 33.9. The number of fused-ring (bicyclic) bond motifs is 4. The highest BCUT2D eigenvalue weighted by molar-refractivity contribution is 7.48. The Bertz CT molecular complexity index is 2200. The van der Waals surface area contributed by atoms with Crippen LogP contribution >= 0.6 is 7.82 Å². The van der Waals surface area contributed by atoms with Gasteiger partial charge in [-0.3, -0.25) is 13.8 Å². The van der Waals surface area contributed by atoms with Crippen molar-refractivity contribution < 1.29 is 75.8 Å². The molecule has 1 aliphatic carbocycles. The summed E-state index contributed by atoms with van der Waals surface area (Å²) in [5.74, 6) is -2.54. The van der Waals surface area contributed by atoms with Crippen LogP contribution in [0.1, 0.15) is 53.7 Å². The summed E-state index contributed by atoms with van der Waals surface area (Å²) in [6.45, 7) is 3.32. The monoisotopic (exact) mass is 862 g/mol. The van der Waals surface area contributed by atoms with Crippen molar-refractivity contribution >= 4 is 13.8 Å². The number of benzene rings is 4. The van der Waals surface area contributed by atoms with Gasteiger partial charge in [-0.2, -0.15) is 0 Å². The molecule has 3 saturated heterocycles. The summed E-state index contributed by atoms with van der Waals surface area (Å²) in [4.78, 5) is 13.9. The van der Waals surface area contributed by atoms with Gasteiger partial charge in [-0.05, 0) is 65.9 Å². The van der Waals surface area contributed by atoms with E-state index >= 15 is 0 Å². The largest absolute Gasteiger partial charge is 0.530 e. The van der Waals surface area contributed by atoms with Gasteiger partial charge in [0.1, 0.15) is 24.4 Å². The molecule has 9 rings (SSSR count). The quantitative estimate of drug-likeness (QED) is 0.119. The summed E-state index contributed by atoms with van der Waals surface area (Å²) < 4.78 is 86.2. The Morgan fingerprint density at radius 1 is 0.787 bits per heavy atom. The Morgan fingerprint density at radius 3 is 2.00 bits per heavy atom. The maximum absolute atomic E-state index is 14.5. The second-order valence-electron chi connectivity index (χ2n) is 15.8. The number of cyclic esters (lactones) is 1. The van der Waals surface area contributed by atoms with Crippen LogP contribution in [0.15, 0.2) is 84.9 Å². The SMILES string of the molecule is COc1cc([C@@H]2c3cc4c(cc3[C@@H](O[C@@H]3O[C@@H]5COC(C)(C)O[C@H]5[C@H](O)[C@H]3O)[C@H]3COC(=O)[C@H]23)OCO4)cc(OC)c1OP(=O)(OCc1ccccc1)OCc1ccccc1. The average Bonchev–Trinajstić information content (AvgIpc) is 3.90. The molecule has 4 heterocycles. The second-order valence-corrected chi connectivity index (χ2v) is 17.4. The van der Waals surface area contributed by atoms with Crippen molar-refractivity contribution in [3.05, 3.63) is 113 Å². The van der Waals surface area contributed by atoms with Crippen LogP contribution in [0.4, 0.5) is 0 Å². The van der Waals surface area contributed by atoms with Gasteiger partial charge in [0.15, 0.2) is 35.1 Å². The van der Waals surface area contributed by atoms with E-state index in [1.807, 2.05) is 60.7 Å². The maximum Gasteiger partial charge on any atom is 0.530 e. The van der Waals surface area contributed by atoms with E-state index in [1.165, 1.54) is 14.2 Å². The highest BCUT2D eigenvalue weighted by atomic mass is 31.2. The topological polar surface area (TPSA) is 185 Å². The van der Waals surface area contributed by atoms with Crippen molar-refractivity contribution in [2.24, 2.45) is 11.8 Å². The fraction of sp³-hybridized carbons (Fsp3) is 0.432. The van der Waals surface area contributed by atoms with E-state index in [0.29, 0.717) is 28.2 Å². The molecule has 0 amide bonds. The third-order valence-corrected chi connectivity index (χ3v) is 12.9. The van der Waals surface area contributed by atoms with Crippen molar-refractivity contribution in [3.63, 3.8) is 0 Å². The number of hydrogen-bond acceptors (Lipinski definition) is 16. The molecule has 3 fully saturated rings. The molecular weight excluding hydrogens is 815 g/mol. The molecule has 4 aliphatic heterocycles. The number of methoxy groups -OCH3 is 2. The number of carbonyl (C=O) groups excluding carboxylic acids is 1. The summed E-state index contributed by atoms with van der Waals surface area (Å²) >= 11 is 0. The first-order chi connectivity index (χ1) is 29.4. The standard InChI is InChI=1S/C44H47O16P/c1-44(2)54-22-34-41(59-44)37(45)38(46)43(57-34)58-39-28-18-31-30(52-23-53-31)17-27(28)35(36-29(39)21-51-42(36)47)26-15-32(49-3)40(33(16-26)50-4)60-61(48,55-19-24-11-7-5-8-12-24)56-20-25-13-9-6-10-14-25/h5-18,29,34-39,41,43,45-46H,19-23H2,1-4H3/t29-,34+,35+,36-,37+,38+,39+,41+,43-/m0/s1. The zero-order chi connectivity index (χ0) is 42.5.